The number of fused-ring (bicyclic) bond motifs is 1. The summed E-state index contributed by atoms with van der Waals surface area (Å²) in [6.07, 6.45) is 5.21. The van der Waals surface area contributed by atoms with Crippen LogP contribution in [0.4, 0.5) is 0 Å². The summed E-state index contributed by atoms with van der Waals surface area (Å²) in [5, 5.41) is 0. The van der Waals surface area contributed by atoms with Crippen molar-refractivity contribution in [3.05, 3.63) is 66.6 Å². The summed E-state index contributed by atoms with van der Waals surface area (Å²) in [6.45, 7) is 1.31. The first-order chi connectivity index (χ1) is 12.6. The second kappa shape index (κ2) is 6.54. The van der Waals surface area contributed by atoms with E-state index in [9.17, 15) is 13.2 Å². The number of hydrogen-bond donors (Lipinski definition) is 0. The van der Waals surface area contributed by atoms with Crippen molar-refractivity contribution in [3.8, 4) is 0 Å². The predicted octanol–water partition coefficient (Wildman–Crippen LogP) is 1.48. The fourth-order valence-corrected chi connectivity index (χ4v) is 4.55. The van der Waals surface area contributed by atoms with Crippen molar-refractivity contribution in [2.45, 2.75) is 4.90 Å². The highest BCUT2D eigenvalue weighted by Gasteiger charge is 2.30. The zero-order chi connectivity index (χ0) is 18.1. The highest BCUT2D eigenvalue weighted by Crippen LogP contribution is 2.18. The van der Waals surface area contributed by atoms with E-state index in [-0.39, 0.29) is 23.9 Å². The van der Waals surface area contributed by atoms with Crippen LogP contribution in [0.5, 0.6) is 0 Å². The number of piperazine rings is 1. The van der Waals surface area contributed by atoms with Crippen molar-refractivity contribution in [1.29, 1.82) is 0 Å². The highest BCUT2D eigenvalue weighted by atomic mass is 32.2. The number of pyridine rings is 1. The van der Waals surface area contributed by atoms with Crippen LogP contribution in [0.2, 0.25) is 0 Å². The van der Waals surface area contributed by atoms with E-state index in [2.05, 4.69) is 4.98 Å². The van der Waals surface area contributed by atoms with Gasteiger partial charge in [-0.25, -0.2) is 13.4 Å². The SMILES string of the molecule is O=C(c1ccc2nccn2c1)N1CCN(S(=O)(=O)c2ccccc2)CC1. The van der Waals surface area contributed by atoms with Gasteiger partial charge in [0.1, 0.15) is 5.65 Å². The number of benzene rings is 1. The third-order valence-electron chi connectivity index (χ3n) is 4.54. The van der Waals surface area contributed by atoms with E-state index in [1.54, 1.807) is 70.4 Å². The van der Waals surface area contributed by atoms with Crippen LogP contribution in [0.3, 0.4) is 0 Å². The van der Waals surface area contributed by atoms with E-state index >= 15 is 0 Å². The lowest BCUT2D eigenvalue weighted by molar-refractivity contribution is 0.0697. The van der Waals surface area contributed by atoms with Gasteiger partial charge in [-0.2, -0.15) is 4.31 Å². The quantitative estimate of drug-likeness (QED) is 0.700. The Hall–Kier alpha value is -2.71. The molecule has 4 rings (SSSR count). The molecule has 0 bridgehead atoms. The molecular weight excluding hydrogens is 352 g/mol. The first-order valence-corrected chi connectivity index (χ1v) is 9.77. The van der Waals surface area contributed by atoms with E-state index in [1.807, 2.05) is 0 Å². The van der Waals surface area contributed by atoms with Crippen LogP contribution in [-0.2, 0) is 10.0 Å². The summed E-state index contributed by atoms with van der Waals surface area (Å²) in [7, 11) is -3.51. The van der Waals surface area contributed by atoms with Crippen LogP contribution in [0.1, 0.15) is 10.4 Å². The number of hydrogen-bond acceptors (Lipinski definition) is 4. The molecule has 1 saturated heterocycles. The van der Waals surface area contributed by atoms with Gasteiger partial charge < -0.3 is 9.30 Å². The molecule has 3 aromatic rings. The molecule has 1 fully saturated rings. The van der Waals surface area contributed by atoms with Gasteiger partial charge in [-0.1, -0.05) is 18.2 Å². The molecule has 2 aromatic heterocycles. The predicted molar refractivity (Wildman–Crippen MR) is 96.3 cm³/mol. The summed E-state index contributed by atoms with van der Waals surface area (Å²) in [5.74, 6) is -0.0997. The van der Waals surface area contributed by atoms with Crippen LogP contribution >= 0.6 is 0 Å². The minimum absolute atomic E-state index is 0.0997. The molecule has 0 spiro atoms. The standard InChI is InChI=1S/C18H18N4O3S/c23-18(15-6-7-17-19-8-9-21(17)14-15)20-10-12-22(13-11-20)26(24,25)16-4-2-1-3-5-16/h1-9,14H,10-13H2. The first kappa shape index (κ1) is 16.7. The molecule has 7 nitrogen and oxygen atoms in total. The largest absolute Gasteiger partial charge is 0.336 e. The van der Waals surface area contributed by atoms with Gasteiger partial charge in [-0.15, -0.1) is 0 Å². The maximum atomic E-state index is 12.7. The van der Waals surface area contributed by atoms with Gasteiger partial charge in [0, 0.05) is 44.8 Å². The smallest absolute Gasteiger partial charge is 0.255 e. The molecule has 134 valence electrons. The number of carbonyl (C=O) groups excluding carboxylic acids is 1. The van der Waals surface area contributed by atoms with Gasteiger partial charge in [0.05, 0.1) is 10.5 Å². The average Bonchev–Trinajstić information content (AvgIpc) is 3.16. The normalized spacial score (nSPS) is 16.1. The molecule has 0 atom stereocenters. The summed E-state index contributed by atoms with van der Waals surface area (Å²) < 4.78 is 28.6. The van der Waals surface area contributed by atoms with Crippen molar-refractivity contribution in [2.75, 3.05) is 26.2 Å². The number of rotatable bonds is 3. The van der Waals surface area contributed by atoms with Crippen LogP contribution in [-0.4, -0.2) is 59.1 Å². The Balaban J connectivity index is 1.47. The molecule has 8 heteroatoms. The Bertz CT molecular complexity index is 1040. The van der Waals surface area contributed by atoms with Crippen LogP contribution in [0.15, 0.2) is 66.0 Å². The monoisotopic (exact) mass is 370 g/mol. The topological polar surface area (TPSA) is 75.0 Å². The van der Waals surface area contributed by atoms with Gasteiger partial charge in [0.25, 0.3) is 5.91 Å². The van der Waals surface area contributed by atoms with E-state index in [0.717, 1.165) is 5.65 Å². The minimum atomic E-state index is -3.51. The minimum Gasteiger partial charge on any atom is -0.336 e. The fraction of sp³-hybridized carbons (Fsp3) is 0.222. The van der Waals surface area contributed by atoms with Crippen molar-refractivity contribution in [2.24, 2.45) is 0 Å². The summed E-state index contributed by atoms with van der Waals surface area (Å²) >= 11 is 0. The molecule has 0 unspecified atom stereocenters. The molecule has 1 aromatic carbocycles. The average molecular weight is 370 g/mol. The molecule has 1 amide bonds. The van der Waals surface area contributed by atoms with Gasteiger partial charge in [-0.3, -0.25) is 4.79 Å². The molecule has 1 aliphatic heterocycles. The number of nitrogens with zero attached hydrogens (tertiary/aromatic N) is 4. The second-order valence-corrected chi connectivity index (χ2v) is 8.06. The molecular formula is C18H18N4O3S. The van der Waals surface area contributed by atoms with E-state index in [0.29, 0.717) is 18.7 Å². The van der Waals surface area contributed by atoms with Crippen molar-refractivity contribution >= 4 is 21.6 Å². The molecule has 0 radical (unpaired) electrons. The van der Waals surface area contributed by atoms with Gasteiger partial charge in [-0.05, 0) is 24.3 Å². The summed E-state index contributed by atoms with van der Waals surface area (Å²) in [4.78, 5) is 18.9. The zero-order valence-corrected chi connectivity index (χ0v) is 14.8. The summed E-state index contributed by atoms with van der Waals surface area (Å²) in [5.41, 5.74) is 1.34. The Morgan fingerprint density at radius 2 is 1.69 bits per heavy atom. The van der Waals surface area contributed by atoms with E-state index in [1.165, 1.54) is 4.31 Å². The third-order valence-corrected chi connectivity index (χ3v) is 6.46. The number of amides is 1. The van der Waals surface area contributed by atoms with Gasteiger partial charge in [0.2, 0.25) is 10.0 Å². The fourth-order valence-electron chi connectivity index (χ4n) is 3.10. The second-order valence-electron chi connectivity index (χ2n) is 6.12. The number of carbonyl (C=O) groups is 1. The summed E-state index contributed by atoms with van der Waals surface area (Å²) in [6, 6.07) is 11.9. The molecule has 0 aliphatic carbocycles. The van der Waals surface area contributed by atoms with Crippen molar-refractivity contribution in [3.63, 3.8) is 0 Å². The van der Waals surface area contributed by atoms with Crippen molar-refractivity contribution in [1.82, 2.24) is 18.6 Å². The van der Waals surface area contributed by atoms with Gasteiger partial charge in [0.15, 0.2) is 0 Å². The lowest BCUT2D eigenvalue weighted by atomic mass is 10.2. The van der Waals surface area contributed by atoms with Crippen LogP contribution in [0.25, 0.3) is 5.65 Å². The Kier molecular flexibility index (Phi) is 4.21. The maximum Gasteiger partial charge on any atom is 0.255 e. The van der Waals surface area contributed by atoms with E-state index < -0.39 is 10.0 Å². The van der Waals surface area contributed by atoms with Crippen molar-refractivity contribution < 1.29 is 13.2 Å². The molecule has 1 aliphatic rings. The Morgan fingerprint density at radius 3 is 2.42 bits per heavy atom. The molecule has 0 N–H and O–H groups in total. The number of imidazole rings is 1. The third kappa shape index (κ3) is 2.97. The first-order valence-electron chi connectivity index (χ1n) is 8.33. The highest BCUT2D eigenvalue weighted by molar-refractivity contribution is 7.89. The zero-order valence-electron chi connectivity index (χ0n) is 14.0. The maximum absolute atomic E-state index is 12.7. The number of sulfonamides is 1. The Labute approximate surface area is 151 Å². The van der Waals surface area contributed by atoms with Crippen LogP contribution < -0.4 is 0 Å². The lowest BCUT2D eigenvalue weighted by Crippen LogP contribution is -2.50. The van der Waals surface area contributed by atoms with Crippen LogP contribution in [0, 0.1) is 0 Å². The Morgan fingerprint density at radius 1 is 0.962 bits per heavy atom. The molecule has 26 heavy (non-hydrogen) atoms. The lowest BCUT2D eigenvalue weighted by Gasteiger charge is -2.34. The molecule has 0 saturated carbocycles. The number of aromatic nitrogens is 2. The molecule has 3 heterocycles. The van der Waals surface area contributed by atoms with E-state index in [4.69, 9.17) is 0 Å². The van der Waals surface area contributed by atoms with Gasteiger partial charge >= 0.3 is 0 Å².